The summed E-state index contributed by atoms with van der Waals surface area (Å²) in [5.74, 6) is -1.29. The summed E-state index contributed by atoms with van der Waals surface area (Å²) < 4.78 is 0. The molecule has 5 heteroatoms. The number of rotatable bonds is 3. The molecule has 72 valence electrons. The first-order chi connectivity index (χ1) is 6.04. The smallest absolute Gasteiger partial charge is 0.312 e. The maximum absolute atomic E-state index is 10.7. The number of aromatic amines is 1. The van der Waals surface area contributed by atoms with Gasteiger partial charge in [-0.2, -0.15) is 15.4 Å². The fourth-order valence-corrected chi connectivity index (χ4v) is 1.11. The second kappa shape index (κ2) is 3.55. The maximum Gasteiger partial charge on any atom is 0.312 e. The Kier molecular flexibility index (Phi) is 2.65. The summed E-state index contributed by atoms with van der Waals surface area (Å²) >= 11 is 0. The van der Waals surface area contributed by atoms with E-state index < -0.39 is 11.9 Å². The van der Waals surface area contributed by atoms with Crippen LogP contribution in [0.4, 0.5) is 0 Å². The van der Waals surface area contributed by atoms with Gasteiger partial charge in [0.25, 0.3) is 0 Å². The third-order valence-electron chi connectivity index (χ3n) is 1.93. The number of carboxylic acid groups (broad SMARTS) is 1. The summed E-state index contributed by atoms with van der Waals surface area (Å²) in [5, 5.41) is 19.0. The van der Waals surface area contributed by atoms with E-state index in [1.54, 1.807) is 6.92 Å². The Hall–Kier alpha value is -1.39. The predicted molar refractivity (Wildman–Crippen MR) is 46.5 cm³/mol. The minimum atomic E-state index is -0.879. The Labute approximate surface area is 76.2 Å². The van der Waals surface area contributed by atoms with Crippen LogP contribution in [0.15, 0.2) is 0 Å². The molecule has 2 N–H and O–H groups in total. The lowest BCUT2D eigenvalue weighted by Gasteiger charge is -2.06. The second-order valence-corrected chi connectivity index (χ2v) is 3.31. The molecule has 0 aliphatic rings. The quantitative estimate of drug-likeness (QED) is 0.735. The van der Waals surface area contributed by atoms with Crippen LogP contribution in [-0.4, -0.2) is 26.5 Å². The number of carboxylic acids is 1. The summed E-state index contributed by atoms with van der Waals surface area (Å²) in [7, 11) is 0. The Balaban J connectivity index is 3.00. The lowest BCUT2D eigenvalue weighted by Crippen LogP contribution is -2.10. The summed E-state index contributed by atoms with van der Waals surface area (Å²) in [6, 6.07) is 0. The lowest BCUT2D eigenvalue weighted by molar-refractivity contribution is -0.138. The molecule has 0 aliphatic carbocycles. The average Bonchev–Trinajstić information content (AvgIpc) is 2.50. The van der Waals surface area contributed by atoms with Crippen LogP contribution in [0.5, 0.6) is 0 Å². The standard InChI is InChI=1S/C8H13N3O2/c1-4(2)6-7(10-11-9-6)5(3)8(12)13/h4-5H,1-3H3,(H,12,13)(H,9,10,11). The Morgan fingerprint density at radius 3 is 2.31 bits per heavy atom. The second-order valence-electron chi connectivity index (χ2n) is 3.31. The highest BCUT2D eigenvalue weighted by Gasteiger charge is 2.22. The van der Waals surface area contributed by atoms with Gasteiger partial charge in [-0.3, -0.25) is 4.79 Å². The first-order valence-electron chi connectivity index (χ1n) is 4.17. The highest BCUT2D eigenvalue weighted by atomic mass is 16.4. The zero-order valence-electron chi connectivity index (χ0n) is 7.90. The lowest BCUT2D eigenvalue weighted by atomic mass is 10.0. The number of aromatic nitrogens is 3. The van der Waals surface area contributed by atoms with Gasteiger partial charge >= 0.3 is 5.97 Å². The van der Waals surface area contributed by atoms with Gasteiger partial charge < -0.3 is 5.11 Å². The van der Waals surface area contributed by atoms with Gasteiger partial charge in [-0.15, -0.1) is 0 Å². The molecule has 0 saturated carbocycles. The third-order valence-corrected chi connectivity index (χ3v) is 1.93. The molecule has 1 unspecified atom stereocenters. The SMILES string of the molecule is CC(C)c1n[nH]nc1C(C)C(=O)O. The van der Waals surface area contributed by atoms with Gasteiger partial charge in [0, 0.05) is 0 Å². The molecule has 13 heavy (non-hydrogen) atoms. The number of nitrogens with one attached hydrogen (secondary N) is 1. The van der Waals surface area contributed by atoms with Gasteiger partial charge in [-0.1, -0.05) is 13.8 Å². The molecule has 5 nitrogen and oxygen atoms in total. The highest BCUT2D eigenvalue weighted by molar-refractivity contribution is 5.75. The van der Waals surface area contributed by atoms with E-state index in [0.29, 0.717) is 5.69 Å². The predicted octanol–water partition coefficient (Wildman–Crippen LogP) is 1.12. The van der Waals surface area contributed by atoms with Crippen LogP contribution in [-0.2, 0) is 4.79 Å². The van der Waals surface area contributed by atoms with Crippen LogP contribution >= 0.6 is 0 Å². The van der Waals surface area contributed by atoms with E-state index in [2.05, 4.69) is 15.4 Å². The average molecular weight is 183 g/mol. The van der Waals surface area contributed by atoms with Crippen LogP contribution in [0.25, 0.3) is 0 Å². The van der Waals surface area contributed by atoms with Crippen molar-refractivity contribution in [2.75, 3.05) is 0 Å². The molecular formula is C8H13N3O2. The van der Waals surface area contributed by atoms with Crippen molar-refractivity contribution in [3.05, 3.63) is 11.4 Å². The molecule has 0 fully saturated rings. The molecule has 0 saturated heterocycles. The topological polar surface area (TPSA) is 78.9 Å². The number of aliphatic carboxylic acids is 1. The van der Waals surface area contributed by atoms with Crippen LogP contribution in [0, 0.1) is 0 Å². The van der Waals surface area contributed by atoms with E-state index in [-0.39, 0.29) is 5.92 Å². The van der Waals surface area contributed by atoms with Crippen molar-refractivity contribution in [3.63, 3.8) is 0 Å². The molecule has 1 aromatic rings. The Bertz CT molecular complexity index is 306. The molecule has 1 rings (SSSR count). The van der Waals surface area contributed by atoms with Crippen molar-refractivity contribution in [2.45, 2.75) is 32.6 Å². The molecule has 0 aromatic carbocycles. The first kappa shape index (κ1) is 9.70. The molecule has 0 radical (unpaired) electrons. The molecule has 1 heterocycles. The van der Waals surface area contributed by atoms with Crippen LogP contribution < -0.4 is 0 Å². The van der Waals surface area contributed by atoms with Crippen molar-refractivity contribution >= 4 is 5.97 Å². The monoisotopic (exact) mass is 183 g/mol. The maximum atomic E-state index is 10.7. The van der Waals surface area contributed by atoms with Gasteiger partial charge in [-0.25, -0.2) is 0 Å². The molecule has 0 amide bonds. The Morgan fingerprint density at radius 2 is 1.85 bits per heavy atom. The molecular weight excluding hydrogens is 170 g/mol. The summed E-state index contributed by atoms with van der Waals surface area (Å²) in [4.78, 5) is 10.7. The van der Waals surface area contributed by atoms with E-state index in [1.165, 1.54) is 0 Å². The normalized spacial score (nSPS) is 13.2. The first-order valence-corrected chi connectivity index (χ1v) is 4.17. The highest BCUT2D eigenvalue weighted by Crippen LogP contribution is 2.21. The number of hydrogen-bond acceptors (Lipinski definition) is 3. The van der Waals surface area contributed by atoms with Crippen LogP contribution in [0.1, 0.15) is 44.0 Å². The van der Waals surface area contributed by atoms with E-state index in [9.17, 15) is 4.79 Å². The summed E-state index contributed by atoms with van der Waals surface area (Å²) in [5.41, 5.74) is 1.26. The van der Waals surface area contributed by atoms with Crippen LogP contribution in [0.2, 0.25) is 0 Å². The fourth-order valence-electron chi connectivity index (χ4n) is 1.11. The van der Waals surface area contributed by atoms with Gasteiger partial charge in [0.2, 0.25) is 0 Å². The van der Waals surface area contributed by atoms with Gasteiger partial charge in [0.1, 0.15) is 0 Å². The summed E-state index contributed by atoms with van der Waals surface area (Å²) in [6.07, 6.45) is 0. The van der Waals surface area contributed by atoms with Crippen molar-refractivity contribution < 1.29 is 9.90 Å². The van der Waals surface area contributed by atoms with Crippen molar-refractivity contribution in [2.24, 2.45) is 0 Å². The zero-order valence-corrected chi connectivity index (χ0v) is 7.90. The molecule has 0 spiro atoms. The zero-order chi connectivity index (χ0) is 10.0. The fraction of sp³-hybridized carbons (Fsp3) is 0.625. The molecule has 1 atom stereocenters. The van der Waals surface area contributed by atoms with Gasteiger partial charge in [0.15, 0.2) is 0 Å². The number of H-pyrrole nitrogens is 1. The van der Waals surface area contributed by atoms with E-state index in [1.807, 2.05) is 13.8 Å². The van der Waals surface area contributed by atoms with Crippen molar-refractivity contribution in [1.29, 1.82) is 0 Å². The van der Waals surface area contributed by atoms with Crippen molar-refractivity contribution in [3.8, 4) is 0 Å². The number of nitrogens with zero attached hydrogens (tertiary/aromatic N) is 2. The van der Waals surface area contributed by atoms with Gasteiger partial charge in [-0.05, 0) is 12.8 Å². The van der Waals surface area contributed by atoms with E-state index in [0.717, 1.165) is 5.69 Å². The third kappa shape index (κ3) is 1.85. The largest absolute Gasteiger partial charge is 0.481 e. The minimum absolute atomic E-state index is 0.190. The molecule has 0 aliphatic heterocycles. The van der Waals surface area contributed by atoms with Crippen LogP contribution in [0.3, 0.4) is 0 Å². The van der Waals surface area contributed by atoms with E-state index >= 15 is 0 Å². The number of hydrogen-bond donors (Lipinski definition) is 2. The summed E-state index contributed by atoms with van der Waals surface area (Å²) in [6.45, 7) is 5.51. The number of carbonyl (C=O) groups is 1. The Morgan fingerprint density at radius 1 is 1.31 bits per heavy atom. The van der Waals surface area contributed by atoms with E-state index in [4.69, 9.17) is 5.11 Å². The molecule has 0 bridgehead atoms. The molecule has 1 aromatic heterocycles. The van der Waals surface area contributed by atoms with Crippen molar-refractivity contribution in [1.82, 2.24) is 15.4 Å². The minimum Gasteiger partial charge on any atom is -0.481 e. The van der Waals surface area contributed by atoms with Gasteiger partial charge in [0.05, 0.1) is 17.3 Å².